The van der Waals surface area contributed by atoms with Crippen molar-refractivity contribution in [1.29, 1.82) is 0 Å². The summed E-state index contributed by atoms with van der Waals surface area (Å²) in [6.07, 6.45) is 7.97. The van der Waals surface area contributed by atoms with Gasteiger partial charge in [0, 0.05) is 18.1 Å². The van der Waals surface area contributed by atoms with Gasteiger partial charge in [0.1, 0.15) is 0 Å². The van der Waals surface area contributed by atoms with Crippen LogP contribution in [0.3, 0.4) is 0 Å². The fourth-order valence-electron chi connectivity index (χ4n) is 7.31. The Bertz CT molecular complexity index is 1360. The van der Waals surface area contributed by atoms with Gasteiger partial charge in [0.05, 0.1) is 18.7 Å². The molecule has 2 fully saturated rings. The van der Waals surface area contributed by atoms with E-state index in [1.54, 1.807) is 0 Å². The van der Waals surface area contributed by atoms with Crippen molar-refractivity contribution in [2.75, 3.05) is 13.7 Å². The highest BCUT2D eigenvalue weighted by Gasteiger charge is 2.43. The summed E-state index contributed by atoms with van der Waals surface area (Å²) < 4.78 is 4.93. The molecule has 1 saturated heterocycles. The van der Waals surface area contributed by atoms with E-state index in [1.807, 2.05) is 18.2 Å². The molecule has 2 N–H and O–H groups in total. The molecule has 0 aromatic heterocycles. The third-order valence-corrected chi connectivity index (χ3v) is 9.36. The molecule has 3 atom stereocenters. The lowest BCUT2D eigenvalue weighted by atomic mass is 9.84. The number of nitrogens with one attached hydrogen (secondary N) is 2. The minimum Gasteiger partial charge on any atom is -0.465 e. The van der Waals surface area contributed by atoms with E-state index in [0.29, 0.717) is 23.6 Å². The summed E-state index contributed by atoms with van der Waals surface area (Å²) in [6, 6.07) is 21.7. The van der Waals surface area contributed by atoms with Gasteiger partial charge >= 0.3 is 12.0 Å². The zero-order chi connectivity index (χ0) is 26.9. The van der Waals surface area contributed by atoms with E-state index in [0.717, 1.165) is 37.8 Å². The molecule has 39 heavy (non-hydrogen) atoms. The van der Waals surface area contributed by atoms with Gasteiger partial charge in [0.25, 0.3) is 0 Å². The van der Waals surface area contributed by atoms with Crippen LogP contribution < -0.4 is 10.6 Å². The molecule has 2 heterocycles. The number of hydrogen-bond donors (Lipinski definition) is 2. The minimum atomic E-state index is -0.255. The number of rotatable bonds is 7. The molecular formula is C33H39N3O3. The monoisotopic (exact) mass is 525 g/mol. The Labute approximate surface area is 231 Å². The molecule has 3 aromatic carbocycles. The molecule has 6 nitrogen and oxygen atoms in total. The van der Waals surface area contributed by atoms with Crippen LogP contribution in [0.4, 0.5) is 4.79 Å². The van der Waals surface area contributed by atoms with E-state index in [2.05, 4.69) is 64.9 Å². The van der Waals surface area contributed by atoms with Crippen LogP contribution in [0.15, 0.2) is 60.7 Å². The summed E-state index contributed by atoms with van der Waals surface area (Å²) in [5, 5.41) is 8.79. The van der Waals surface area contributed by atoms with Gasteiger partial charge in [0.15, 0.2) is 0 Å². The Morgan fingerprint density at radius 3 is 2.46 bits per heavy atom. The number of fused-ring (bicyclic) bond motifs is 6. The second-order valence-corrected chi connectivity index (χ2v) is 11.6. The third kappa shape index (κ3) is 5.14. The summed E-state index contributed by atoms with van der Waals surface area (Å²) in [5.41, 5.74) is 4.53. The standard InChI is InChI=1S/C33H39N3O3/c1-21(26-9-5-7-23-6-3-4-8-27(23)26)34-33(38)35-25-13-10-22(11-14-25)18-19-36-30-16-17-31(36)29-20-24(32(37)39-2)12-15-28(29)30/h3-9,12,15,20-22,25,30-31H,10-11,13-14,16-19H2,1-2H3,(H2,34,35,38)/t21-,22?,25?,30?,31?/m0/s1. The quantitative estimate of drug-likeness (QED) is 0.332. The summed E-state index contributed by atoms with van der Waals surface area (Å²) in [6.45, 7) is 3.15. The Kier molecular flexibility index (Phi) is 7.30. The van der Waals surface area contributed by atoms with Gasteiger partial charge in [-0.1, -0.05) is 48.5 Å². The van der Waals surface area contributed by atoms with Crippen molar-refractivity contribution in [3.8, 4) is 0 Å². The number of methoxy groups -OCH3 is 1. The highest BCUT2D eigenvalue weighted by molar-refractivity contribution is 5.90. The topological polar surface area (TPSA) is 70.7 Å². The number of esters is 1. The normalized spacial score (nSPS) is 24.8. The second-order valence-electron chi connectivity index (χ2n) is 11.6. The summed E-state index contributed by atoms with van der Waals surface area (Å²) in [4.78, 5) is 27.5. The molecule has 2 aliphatic heterocycles. The fourth-order valence-corrected chi connectivity index (χ4v) is 7.31. The van der Waals surface area contributed by atoms with E-state index in [-0.39, 0.29) is 24.1 Å². The first-order valence-electron chi connectivity index (χ1n) is 14.5. The number of ether oxygens (including phenoxy) is 1. The molecule has 204 valence electrons. The molecule has 6 heteroatoms. The van der Waals surface area contributed by atoms with Crippen LogP contribution in [0, 0.1) is 5.92 Å². The van der Waals surface area contributed by atoms with Gasteiger partial charge in [-0.25, -0.2) is 9.59 Å². The van der Waals surface area contributed by atoms with Gasteiger partial charge < -0.3 is 15.4 Å². The highest BCUT2D eigenvalue weighted by atomic mass is 16.5. The molecule has 2 amide bonds. The van der Waals surface area contributed by atoms with Crippen molar-refractivity contribution in [3.05, 3.63) is 82.9 Å². The molecular weight excluding hydrogens is 486 g/mol. The Morgan fingerprint density at radius 2 is 1.67 bits per heavy atom. The van der Waals surface area contributed by atoms with Crippen LogP contribution in [0.25, 0.3) is 10.8 Å². The first-order valence-corrected chi connectivity index (χ1v) is 14.5. The average Bonchev–Trinajstić information content (AvgIpc) is 3.51. The molecule has 0 radical (unpaired) electrons. The lowest BCUT2D eigenvalue weighted by molar-refractivity contribution is 0.0600. The van der Waals surface area contributed by atoms with Gasteiger partial charge in [-0.05, 0) is 104 Å². The molecule has 1 saturated carbocycles. The smallest absolute Gasteiger partial charge is 0.337 e. The molecule has 2 bridgehead atoms. The SMILES string of the molecule is COC(=O)c1ccc2c(c1)C1CCC2N1CCC1CCC(NC(=O)N[C@@H](C)c2cccc3ccccc23)CC1. The number of amides is 2. The summed E-state index contributed by atoms with van der Waals surface area (Å²) in [7, 11) is 1.44. The van der Waals surface area contributed by atoms with Gasteiger partial charge in [-0.15, -0.1) is 0 Å². The van der Waals surface area contributed by atoms with Crippen molar-refractivity contribution in [2.45, 2.75) is 76.0 Å². The lowest BCUT2D eigenvalue weighted by Crippen LogP contribution is -2.44. The molecule has 2 unspecified atom stereocenters. The van der Waals surface area contributed by atoms with Crippen LogP contribution in [0.2, 0.25) is 0 Å². The van der Waals surface area contributed by atoms with Crippen molar-refractivity contribution < 1.29 is 14.3 Å². The van der Waals surface area contributed by atoms with Gasteiger partial charge in [0.2, 0.25) is 0 Å². The number of nitrogens with zero attached hydrogens (tertiary/aromatic N) is 1. The van der Waals surface area contributed by atoms with Crippen molar-refractivity contribution in [1.82, 2.24) is 15.5 Å². The Balaban J connectivity index is 0.972. The highest BCUT2D eigenvalue weighted by Crippen LogP contribution is 2.53. The molecule has 3 aliphatic rings. The van der Waals surface area contributed by atoms with Crippen LogP contribution in [0.1, 0.15) is 97.0 Å². The van der Waals surface area contributed by atoms with Crippen molar-refractivity contribution >= 4 is 22.8 Å². The maximum Gasteiger partial charge on any atom is 0.337 e. The van der Waals surface area contributed by atoms with Crippen molar-refractivity contribution in [3.63, 3.8) is 0 Å². The average molecular weight is 526 g/mol. The van der Waals surface area contributed by atoms with Gasteiger partial charge in [-0.2, -0.15) is 0 Å². The number of benzene rings is 3. The van der Waals surface area contributed by atoms with E-state index in [1.165, 1.54) is 48.3 Å². The first kappa shape index (κ1) is 25.9. The third-order valence-electron chi connectivity index (χ3n) is 9.36. The number of carbonyl (C=O) groups is 2. The van der Waals surface area contributed by atoms with E-state index in [9.17, 15) is 9.59 Å². The second kappa shape index (κ2) is 11.0. The van der Waals surface area contributed by atoms with Crippen LogP contribution in [-0.4, -0.2) is 36.6 Å². The number of urea groups is 1. The van der Waals surface area contributed by atoms with Crippen molar-refractivity contribution in [2.24, 2.45) is 5.92 Å². The molecule has 1 aliphatic carbocycles. The summed E-state index contributed by atoms with van der Waals surface area (Å²) in [5.74, 6) is 0.448. The predicted molar refractivity (Wildman–Crippen MR) is 154 cm³/mol. The number of hydrogen-bond acceptors (Lipinski definition) is 4. The Morgan fingerprint density at radius 1 is 0.923 bits per heavy atom. The predicted octanol–water partition coefficient (Wildman–Crippen LogP) is 6.83. The minimum absolute atomic E-state index is 0.0592. The molecule has 6 rings (SSSR count). The van der Waals surface area contributed by atoms with Crippen LogP contribution in [-0.2, 0) is 4.74 Å². The Hall–Kier alpha value is -3.38. The van der Waals surface area contributed by atoms with E-state index < -0.39 is 0 Å². The zero-order valence-corrected chi connectivity index (χ0v) is 23.0. The van der Waals surface area contributed by atoms with E-state index in [4.69, 9.17) is 4.74 Å². The number of carbonyl (C=O) groups excluding carboxylic acids is 2. The largest absolute Gasteiger partial charge is 0.465 e. The maximum absolute atomic E-state index is 12.8. The fraction of sp³-hybridized carbons (Fsp3) is 0.455. The zero-order valence-electron chi connectivity index (χ0n) is 23.0. The van der Waals surface area contributed by atoms with E-state index >= 15 is 0 Å². The molecule has 0 spiro atoms. The van der Waals surface area contributed by atoms with Gasteiger partial charge in [-0.3, -0.25) is 4.90 Å². The van der Waals surface area contributed by atoms with Crippen LogP contribution >= 0.6 is 0 Å². The van der Waals surface area contributed by atoms with Crippen LogP contribution in [0.5, 0.6) is 0 Å². The molecule has 3 aromatic rings. The first-order chi connectivity index (χ1) is 19.0. The lowest BCUT2D eigenvalue weighted by Gasteiger charge is -2.31. The summed E-state index contributed by atoms with van der Waals surface area (Å²) >= 11 is 0. The maximum atomic E-state index is 12.8.